The molecule has 2 aromatic carbocycles. The molecule has 0 saturated heterocycles. The van der Waals surface area contributed by atoms with Gasteiger partial charge >= 0.3 is 0 Å². The molecular weight excluding hydrogens is 309 g/mol. The number of benzene rings is 2. The third-order valence-electron chi connectivity index (χ3n) is 2.93. The van der Waals surface area contributed by atoms with Gasteiger partial charge in [0.2, 0.25) is 0 Å². The number of para-hydroxylation sites is 1. The van der Waals surface area contributed by atoms with Crippen molar-refractivity contribution in [1.29, 1.82) is 0 Å². The van der Waals surface area contributed by atoms with Crippen LogP contribution in [0.2, 0.25) is 0 Å². The summed E-state index contributed by atoms with van der Waals surface area (Å²) in [5.74, 6) is 0.865. The third kappa shape index (κ3) is 3.33. The van der Waals surface area contributed by atoms with E-state index in [1.807, 2.05) is 38.2 Å². The average molecular weight is 324 g/mol. The van der Waals surface area contributed by atoms with Crippen LogP contribution in [0.4, 0.5) is 4.39 Å². The van der Waals surface area contributed by atoms with Crippen LogP contribution in [0.3, 0.4) is 0 Å². The zero-order valence-corrected chi connectivity index (χ0v) is 12.4. The molecule has 1 N–H and O–H groups in total. The van der Waals surface area contributed by atoms with E-state index in [0.717, 1.165) is 15.8 Å². The van der Waals surface area contributed by atoms with Crippen molar-refractivity contribution in [3.8, 4) is 11.5 Å². The first-order valence-electron chi connectivity index (χ1n) is 6.01. The predicted molar refractivity (Wildman–Crippen MR) is 78.1 cm³/mol. The van der Waals surface area contributed by atoms with E-state index in [1.54, 1.807) is 6.07 Å². The molecular formula is C15H15BrFNO. The van der Waals surface area contributed by atoms with Crippen LogP contribution in [-0.4, -0.2) is 7.05 Å². The molecule has 0 radical (unpaired) electrons. The van der Waals surface area contributed by atoms with Gasteiger partial charge in [-0.05, 0) is 48.1 Å². The lowest BCUT2D eigenvalue weighted by molar-refractivity contribution is 0.459. The van der Waals surface area contributed by atoms with Crippen LogP contribution >= 0.6 is 15.9 Å². The highest BCUT2D eigenvalue weighted by atomic mass is 79.9. The summed E-state index contributed by atoms with van der Waals surface area (Å²) >= 11 is 3.36. The minimum absolute atomic E-state index is 0.156. The second-order valence-electron chi connectivity index (χ2n) is 4.22. The summed E-state index contributed by atoms with van der Waals surface area (Å²) in [6.45, 7) is 2.04. The molecule has 2 aromatic rings. The van der Waals surface area contributed by atoms with Gasteiger partial charge in [-0.2, -0.15) is 0 Å². The zero-order chi connectivity index (χ0) is 13.8. The summed E-state index contributed by atoms with van der Waals surface area (Å²) in [7, 11) is 1.89. The van der Waals surface area contributed by atoms with Crippen LogP contribution in [0.15, 0.2) is 46.9 Å². The van der Waals surface area contributed by atoms with Gasteiger partial charge in [0, 0.05) is 17.7 Å². The summed E-state index contributed by atoms with van der Waals surface area (Å²) in [5, 5.41) is 3.17. The lowest BCUT2D eigenvalue weighted by atomic mass is 10.1. The fraction of sp³-hybridized carbons (Fsp3) is 0.200. The van der Waals surface area contributed by atoms with Gasteiger partial charge in [0.05, 0.1) is 4.47 Å². The monoisotopic (exact) mass is 323 g/mol. The quantitative estimate of drug-likeness (QED) is 0.883. The molecule has 1 unspecified atom stereocenters. The van der Waals surface area contributed by atoms with E-state index in [2.05, 4.69) is 21.2 Å². The van der Waals surface area contributed by atoms with Gasteiger partial charge in [0.15, 0.2) is 0 Å². The highest BCUT2D eigenvalue weighted by Gasteiger charge is 2.11. The Morgan fingerprint density at radius 2 is 1.89 bits per heavy atom. The molecule has 0 aliphatic carbocycles. The maximum absolute atomic E-state index is 13.3. The Morgan fingerprint density at radius 1 is 1.16 bits per heavy atom. The Morgan fingerprint density at radius 3 is 2.63 bits per heavy atom. The van der Waals surface area contributed by atoms with Crippen molar-refractivity contribution in [2.75, 3.05) is 7.05 Å². The smallest absolute Gasteiger partial charge is 0.144 e. The number of rotatable bonds is 4. The predicted octanol–water partition coefficient (Wildman–Crippen LogP) is 4.66. The van der Waals surface area contributed by atoms with Gasteiger partial charge in [-0.3, -0.25) is 0 Å². The zero-order valence-electron chi connectivity index (χ0n) is 10.8. The number of hydrogen-bond donors (Lipinski definition) is 1. The Kier molecular flexibility index (Phi) is 4.56. The molecule has 19 heavy (non-hydrogen) atoms. The summed E-state index contributed by atoms with van der Waals surface area (Å²) in [5.41, 5.74) is 1.03. The molecule has 0 saturated carbocycles. The fourth-order valence-corrected chi connectivity index (χ4v) is 2.09. The van der Waals surface area contributed by atoms with Crippen LogP contribution < -0.4 is 10.1 Å². The molecule has 2 nitrogen and oxygen atoms in total. The van der Waals surface area contributed by atoms with E-state index in [-0.39, 0.29) is 11.9 Å². The Labute approximate surface area is 120 Å². The number of ether oxygens (including phenoxy) is 1. The van der Waals surface area contributed by atoms with Crippen molar-refractivity contribution in [2.24, 2.45) is 0 Å². The van der Waals surface area contributed by atoms with Crippen molar-refractivity contribution < 1.29 is 9.13 Å². The standard InChI is InChI=1S/C15H15BrFNO/c1-10(18-2)12-5-3-4-6-14(12)19-15-9-11(17)7-8-13(15)16/h3-10,18H,1-2H3. The van der Waals surface area contributed by atoms with Gasteiger partial charge in [0.25, 0.3) is 0 Å². The first-order valence-corrected chi connectivity index (χ1v) is 6.80. The number of nitrogens with one attached hydrogen (secondary N) is 1. The molecule has 2 rings (SSSR count). The summed E-state index contributed by atoms with van der Waals surface area (Å²) in [6.07, 6.45) is 0. The van der Waals surface area contributed by atoms with Gasteiger partial charge in [-0.25, -0.2) is 4.39 Å². The molecule has 0 fully saturated rings. The van der Waals surface area contributed by atoms with E-state index >= 15 is 0 Å². The molecule has 0 amide bonds. The third-order valence-corrected chi connectivity index (χ3v) is 3.59. The first-order chi connectivity index (χ1) is 9.11. The molecule has 1 atom stereocenters. The fourth-order valence-electron chi connectivity index (χ4n) is 1.76. The molecule has 0 bridgehead atoms. The van der Waals surface area contributed by atoms with Gasteiger partial charge in [-0.1, -0.05) is 18.2 Å². The van der Waals surface area contributed by atoms with Crippen molar-refractivity contribution in [3.05, 3.63) is 58.3 Å². The van der Waals surface area contributed by atoms with Crippen LogP contribution in [0.1, 0.15) is 18.5 Å². The van der Waals surface area contributed by atoms with Gasteiger partial charge in [-0.15, -0.1) is 0 Å². The molecule has 0 spiro atoms. The van der Waals surface area contributed by atoms with Crippen molar-refractivity contribution >= 4 is 15.9 Å². The van der Waals surface area contributed by atoms with E-state index in [4.69, 9.17) is 4.74 Å². The minimum Gasteiger partial charge on any atom is -0.456 e. The summed E-state index contributed by atoms with van der Waals surface area (Å²) in [4.78, 5) is 0. The van der Waals surface area contributed by atoms with Gasteiger partial charge < -0.3 is 10.1 Å². The molecule has 100 valence electrons. The Balaban J connectivity index is 2.35. The maximum atomic E-state index is 13.3. The topological polar surface area (TPSA) is 21.3 Å². The average Bonchev–Trinajstić information content (AvgIpc) is 2.42. The molecule has 0 aliphatic rings. The SMILES string of the molecule is CNC(C)c1ccccc1Oc1cc(F)ccc1Br. The summed E-state index contributed by atoms with van der Waals surface area (Å²) in [6, 6.07) is 12.3. The highest BCUT2D eigenvalue weighted by molar-refractivity contribution is 9.10. The molecule has 0 aromatic heterocycles. The van der Waals surface area contributed by atoms with E-state index < -0.39 is 0 Å². The summed E-state index contributed by atoms with van der Waals surface area (Å²) < 4.78 is 19.8. The van der Waals surface area contributed by atoms with Crippen molar-refractivity contribution in [2.45, 2.75) is 13.0 Å². The number of hydrogen-bond acceptors (Lipinski definition) is 2. The van der Waals surface area contributed by atoms with Crippen LogP contribution in [-0.2, 0) is 0 Å². The lowest BCUT2D eigenvalue weighted by Gasteiger charge is -2.16. The van der Waals surface area contributed by atoms with Crippen LogP contribution in [0.25, 0.3) is 0 Å². The van der Waals surface area contributed by atoms with Crippen LogP contribution in [0.5, 0.6) is 11.5 Å². The lowest BCUT2D eigenvalue weighted by Crippen LogP contribution is -2.13. The molecule has 0 heterocycles. The second kappa shape index (κ2) is 6.17. The first kappa shape index (κ1) is 14.0. The van der Waals surface area contributed by atoms with Gasteiger partial charge in [0.1, 0.15) is 17.3 Å². The number of halogens is 2. The van der Waals surface area contributed by atoms with Crippen molar-refractivity contribution in [3.63, 3.8) is 0 Å². The second-order valence-corrected chi connectivity index (χ2v) is 5.08. The Hall–Kier alpha value is -1.39. The van der Waals surface area contributed by atoms with E-state index in [9.17, 15) is 4.39 Å². The largest absolute Gasteiger partial charge is 0.456 e. The molecule has 4 heteroatoms. The Bertz CT molecular complexity index is 574. The van der Waals surface area contributed by atoms with Crippen LogP contribution in [0, 0.1) is 5.82 Å². The maximum Gasteiger partial charge on any atom is 0.144 e. The minimum atomic E-state index is -0.322. The van der Waals surface area contributed by atoms with E-state index in [1.165, 1.54) is 12.1 Å². The normalized spacial score (nSPS) is 12.2. The highest BCUT2D eigenvalue weighted by Crippen LogP contribution is 2.33. The van der Waals surface area contributed by atoms with Crippen molar-refractivity contribution in [1.82, 2.24) is 5.32 Å². The molecule has 0 aliphatic heterocycles. The van der Waals surface area contributed by atoms with E-state index in [0.29, 0.717) is 5.75 Å².